The van der Waals surface area contributed by atoms with Crippen LogP contribution in [0.1, 0.15) is 18.0 Å². The third kappa shape index (κ3) is 4.40. The molecule has 1 rings (SSSR count). The molecular weight excluding hydrogens is 294 g/mol. The first-order chi connectivity index (χ1) is 6.50. The molecule has 0 heterocycles. The predicted molar refractivity (Wildman–Crippen MR) is 58.9 cm³/mol. The number of benzene rings is 1. The Morgan fingerprint density at radius 1 is 1.33 bits per heavy atom. The van der Waals surface area contributed by atoms with Crippen LogP contribution in [0.25, 0.3) is 0 Å². The molecule has 0 amide bonds. The van der Waals surface area contributed by atoms with Crippen molar-refractivity contribution in [2.24, 2.45) is 5.73 Å². The SMILES string of the molecule is Cl.N[C@@H](CC(F)F)c1ccc(Br)c(F)c1. The fraction of sp³-hybridized carbons (Fsp3) is 0.333. The van der Waals surface area contributed by atoms with Gasteiger partial charge in [-0.2, -0.15) is 0 Å². The molecule has 0 fully saturated rings. The van der Waals surface area contributed by atoms with Gasteiger partial charge in [-0.05, 0) is 33.6 Å². The van der Waals surface area contributed by atoms with E-state index in [0.29, 0.717) is 10.0 Å². The quantitative estimate of drug-likeness (QED) is 0.906. The Bertz CT molecular complexity index is 322. The van der Waals surface area contributed by atoms with Gasteiger partial charge in [0.15, 0.2) is 0 Å². The summed E-state index contributed by atoms with van der Waals surface area (Å²) in [5.41, 5.74) is 5.83. The van der Waals surface area contributed by atoms with Crippen LogP contribution in [-0.2, 0) is 0 Å². The van der Waals surface area contributed by atoms with Crippen LogP contribution in [-0.4, -0.2) is 6.43 Å². The molecule has 0 aliphatic rings. The molecule has 0 aromatic heterocycles. The maximum absolute atomic E-state index is 13.0. The van der Waals surface area contributed by atoms with Gasteiger partial charge < -0.3 is 5.73 Å². The molecule has 1 aromatic rings. The van der Waals surface area contributed by atoms with Crippen LogP contribution in [0.5, 0.6) is 0 Å². The summed E-state index contributed by atoms with van der Waals surface area (Å²) in [5, 5.41) is 0. The summed E-state index contributed by atoms with van der Waals surface area (Å²) in [6.07, 6.45) is -2.93. The molecule has 1 aromatic carbocycles. The highest BCUT2D eigenvalue weighted by atomic mass is 79.9. The summed E-state index contributed by atoms with van der Waals surface area (Å²) in [5.74, 6) is -0.493. The van der Waals surface area contributed by atoms with Crippen molar-refractivity contribution in [3.05, 3.63) is 34.1 Å². The Balaban J connectivity index is 0.00000196. The van der Waals surface area contributed by atoms with Crippen LogP contribution in [0.4, 0.5) is 13.2 Å². The first-order valence-electron chi connectivity index (χ1n) is 3.99. The number of halogens is 5. The molecule has 1 atom stereocenters. The zero-order valence-electron chi connectivity index (χ0n) is 7.59. The Morgan fingerprint density at radius 3 is 2.40 bits per heavy atom. The summed E-state index contributed by atoms with van der Waals surface area (Å²) < 4.78 is 37.2. The van der Waals surface area contributed by atoms with Gasteiger partial charge >= 0.3 is 0 Å². The summed E-state index contributed by atoms with van der Waals surface area (Å²) in [4.78, 5) is 0. The molecule has 2 N–H and O–H groups in total. The van der Waals surface area contributed by atoms with Gasteiger partial charge in [0.1, 0.15) is 5.82 Å². The van der Waals surface area contributed by atoms with Crippen LogP contribution in [0, 0.1) is 5.82 Å². The first kappa shape index (κ1) is 14.7. The molecule has 0 radical (unpaired) electrons. The highest BCUT2D eigenvalue weighted by molar-refractivity contribution is 9.10. The molecule has 0 saturated carbocycles. The van der Waals surface area contributed by atoms with Crippen molar-refractivity contribution in [1.82, 2.24) is 0 Å². The van der Waals surface area contributed by atoms with Gasteiger partial charge in [-0.15, -0.1) is 12.4 Å². The van der Waals surface area contributed by atoms with E-state index < -0.39 is 24.7 Å². The number of rotatable bonds is 3. The molecule has 86 valence electrons. The zero-order valence-corrected chi connectivity index (χ0v) is 9.99. The number of alkyl halides is 2. The standard InChI is InChI=1S/C9H9BrF3N.ClH/c10-6-2-1-5(3-7(6)11)8(14)4-9(12)13;/h1-3,8-9H,4,14H2;1H/t8-;/m0./s1. The van der Waals surface area contributed by atoms with Gasteiger partial charge in [-0.1, -0.05) is 6.07 Å². The van der Waals surface area contributed by atoms with E-state index in [1.54, 1.807) is 0 Å². The predicted octanol–water partition coefficient (Wildman–Crippen LogP) is 3.67. The highest BCUT2D eigenvalue weighted by Crippen LogP contribution is 2.22. The lowest BCUT2D eigenvalue weighted by Crippen LogP contribution is -2.14. The second-order valence-corrected chi connectivity index (χ2v) is 3.76. The van der Waals surface area contributed by atoms with E-state index in [1.165, 1.54) is 12.1 Å². The summed E-state index contributed by atoms with van der Waals surface area (Å²) in [7, 11) is 0. The summed E-state index contributed by atoms with van der Waals surface area (Å²) in [6, 6.07) is 3.32. The number of hydrogen-bond acceptors (Lipinski definition) is 1. The largest absolute Gasteiger partial charge is 0.324 e. The third-order valence-corrected chi connectivity index (χ3v) is 2.45. The smallest absolute Gasteiger partial charge is 0.240 e. The van der Waals surface area contributed by atoms with Crippen LogP contribution < -0.4 is 5.73 Å². The van der Waals surface area contributed by atoms with Gasteiger partial charge in [0.25, 0.3) is 0 Å². The Kier molecular flexibility index (Phi) is 6.24. The fourth-order valence-electron chi connectivity index (χ4n) is 1.07. The average Bonchev–Trinajstić information content (AvgIpc) is 2.08. The van der Waals surface area contributed by atoms with E-state index in [9.17, 15) is 13.2 Å². The Morgan fingerprint density at radius 2 is 1.93 bits per heavy atom. The zero-order chi connectivity index (χ0) is 10.7. The highest BCUT2D eigenvalue weighted by Gasteiger charge is 2.13. The molecule has 0 aliphatic carbocycles. The molecule has 15 heavy (non-hydrogen) atoms. The number of nitrogens with two attached hydrogens (primary N) is 1. The van der Waals surface area contributed by atoms with Gasteiger partial charge in [-0.25, -0.2) is 13.2 Å². The van der Waals surface area contributed by atoms with Crippen molar-refractivity contribution in [2.45, 2.75) is 18.9 Å². The lowest BCUT2D eigenvalue weighted by Gasteiger charge is -2.11. The maximum Gasteiger partial charge on any atom is 0.240 e. The van der Waals surface area contributed by atoms with E-state index in [2.05, 4.69) is 15.9 Å². The minimum Gasteiger partial charge on any atom is -0.324 e. The molecule has 0 bridgehead atoms. The van der Waals surface area contributed by atoms with Gasteiger partial charge in [-0.3, -0.25) is 0 Å². The second kappa shape index (κ2) is 6.35. The van der Waals surface area contributed by atoms with Crippen LogP contribution >= 0.6 is 28.3 Å². The number of hydrogen-bond donors (Lipinski definition) is 1. The van der Waals surface area contributed by atoms with Crippen molar-refractivity contribution in [3.63, 3.8) is 0 Å². The fourth-order valence-corrected chi connectivity index (χ4v) is 1.32. The van der Waals surface area contributed by atoms with Gasteiger partial charge in [0, 0.05) is 12.5 Å². The van der Waals surface area contributed by atoms with Gasteiger partial charge in [0.2, 0.25) is 6.43 Å². The van der Waals surface area contributed by atoms with Crippen molar-refractivity contribution in [1.29, 1.82) is 0 Å². The van der Waals surface area contributed by atoms with Gasteiger partial charge in [0.05, 0.1) is 4.47 Å². The van der Waals surface area contributed by atoms with Crippen LogP contribution in [0.3, 0.4) is 0 Å². The molecule has 0 saturated heterocycles. The monoisotopic (exact) mass is 303 g/mol. The Labute approximate surface area is 100 Å². The van der Waals surface area contributed by atoms with Crippen molar-refractivity contribution >= 4 is 28.3 Å². The van der Waals surface area contributed by atoms with Crippen molar-refractivity contribution < 1.29 is 13.2 Å². The van der Waals surface area contributed by atoms with Crippen molar-refractivity contribution in [2.75, 3.05) is 0 Å². The minimum atomic E-state index is -2.48. The lowest BCUT2D eigenvalue weighted by atomic mass is 10.1. The Hall–Kier alpha value is -0.260. The second-order valence-electron chi connectivity index (χ2n) is 2.91. The molecule has 0 unspecified atom stereocenters. The molecular formula is C9H10BrClF3N. The minimum absolute atomic E-state index is 0. The topological polar surface area (TPSA) is 26.0 Å². The first-order valence-corrected chi connectivity index (χ1v) is 4.78. The molecule has 0 spiro atoms. The average molecular weight is 305 g/mol. The maximum atomic E-state index is 13.0. The van der Waals surface area contributed by atoms with Crippen LogP contribution in [0.15, 0.2) is 22.7 Å². The molecule has 1 nitrogen and oxygen atoms in total. The normalized spacial score (nSPS) is 12.4. The molecule has 0 aliphatic heterocycles. The van der Waals surface area contributed by atoms with Crippen molar-refractivity contribution in [3.8, 4) is 0 Å². The third-order valence-electron chi connectivity index (χ3n) is 1.80. The lowest BCUT2D eigenvalue weighted by molar-refractivity contribution is 0.128. The van der Waals surface area contributed by atoms with E-state index in [-0.39, 0.29) is 12.4 Å². The van der Waals surface area contributed by atoms with E-state index in [1.807, 2.05) is 0 Å². The van der Waals surface area contributed by atoms with E-state index >= 15 is 0 Å². The van der Waals surface area contributed by atoms with Crippen LogP contribution in [0.2, 0.25) is 0 Å². The summed E-state index contributed by atoms with van der Waals surface area (Å²) >= 11 is 2.97. The van der Waals surface area contributed by atoms with E-state index in [4.69, 9.17) is 5.73 Å². The molecule has 6 heteroatoms. The summed E-state index contributed by atoms with van der Waals surface area (Å²) in [6.45, 7) is 0. The van der Waals surface area contributed by atoms with E-state index in [0.717, 1.165) is 6.07 Å².